The van der Waals surface area contributed by atoms with E-state index >= 15 is 0 Å². The van der Waals surface area contributed by atoms with E-state index in [9.17, 15) is 4.79 Å². The summed E-state index contributed by atoms with van der Waals surface area (Å²) in [7, 11) is 0. The molecule has 0 aromatic heterocycles. The summed E-state index contributed by atoms with van der Waals surface area (Å²) < 4.78 is 0. The molecule has 102 valence electrons. The van der Waals surface area contributed by atoms with Gasteiger partial charge in [-0.15, -0.1) is 0 Å². The summed E-state index contributed by atoms with van der Waals surface area (Å²) in [5.41, 5.74) is 7.41. The first-order valence-corrected chi connectivity index (χ1v) is 7.01. The van der Waals surface area contributed by atoms with Crippen molar-refractivity contribution in [3.8, 4) is 0 Å². The molecule has 0 aliphatic carbocycles. The van der Waals surface area contributed by atoms with Gasteiger partial charge in [0.05, 0.1) is 0 Å². The van der Waals surface area contributed by atoms with Crippen LogP contribution < -0.4 is 5.73 Å². The predicted octanol–water partition coefficient (Wildman–Crippen LogP) is 2.93. The Hall–Kier alpha value is -1.77. The smallest absolute Gasteiger partial charge is 0.246 e. The second kappa shape index (κ2) is 6.41. The van der Waals surface area contributed by atoms with Gasteiger partial charge < -0.3 is 10.6 Å². The van der Waals surface area contributed by atoms with Crippen molar-refractivity contribution >= 4 is 17.7 Å². The van der Waals surface area contributed by atoms with Gasteiger partial charge in [-0.1, -0.05) is 25.5 Å². The third-order valence-electron chi connectivity index (χ3n) is 3.74. The van der Waals surface area contributed by atoms with E-state index in [0.717, 1.165) is 37.2 Å². The number of anilines is 1. The number of amides is 1. The van der Waals surface area contributed by atoms with Crippen molar-refractivity contribution in [3.05, 3.63) is 35.9 Å². The minimum atomic E-state index is 0.112. The highest BCUT2D eigenvalue weighted by Gasteiger charge is 2.20. The maximum atomic E-state index is 12.1. The number of carbonyl (C=O) groups excluding carboxylic acids is 1. The minimum Gasteiger partial charge on any atom is -0.399 e. The van der Waals surface area contributed by atoms with E-state index in [1.165, 1.54) is 6.42 Å². The number of nitrogens with two attached hydrogens (primary N) is 1. The van der Waals surface area contributed by atoms with Crippen LogP contribution in [0, 0.1) is 5.92 Å². The number of nitrogen functional groups attached to an aromatic ring is 1. The van der Waals surface area contributed by atoms with Gasteiger partial charge >= 0.3 is 0 Å². The lowest BCUT2D eigenvalue weighted by Crippen LogP contribution is -2.38. The van der Waals surface area contributed by atoms with Crippen LogP contribution in [0.25, 0.3) is 6.08 Å². The van der Waals surface area contributed by atoms with Crippen molar-refractivity contribution in [2.45, 2.75) is 26.2 Å². The molecule has 1 atom stereocenters. The third-order valence-corrected chi connectivity index (χ3v) is 3.74. The molecule has 0 bridgehead atoms. The van der Waals surface area contributed by atoms with Gasteiger partial charge in [0.2, 0.25) is 5.91 Å². The second-order valence-electron chi connectivity index (χ2n) is 5.20. The van der Waals surface area contributed by atoms with E-state index < -0.39 is 0 Å². The van der Waals surface area contributed by atoms with Crippen molar-refractivity contribution in [1.82, 2.24) is 4.90 Å². The molecule has 2 N–H and O–H groups in total. The summed E-state index contributed by atoms with van der Waals surface area (Å²) in [5, 5.41) is 0. The molecular weight excluding hydrogens is 236 g/mol. The van der Waals surface area contributed by atoms with Crippen LogP contribution in [0.5, 0.6) is 0 Å². The summed E-state index contributed by atoms with van der Waals surface area (Å²) in [6.07, 6.45) is 7.03. The molecule has 1 unspecified atom stereocenters. The number of benzene rings is 1. The number of carbonyl (C=O) groups is 1. The Morgan fingerprint density at radius 3 is 3.11 bits per heavy atom. The molecule has 1 aliphatic heterocycles. The van der Waals surface area contributed by atoms with Crippen LogP contribution >= 0.6 is 0 Å². The van der Waals surface area contributed by atoms with E-state index in [-0.39, 0.29) is 5.91 Å². The van der Waals surface area contributed by atoms with Crippen LogP contribution in [0.4, 0.5) is 5.69 Å². The number of nitrogens with zero attached hydrogens (tertiary/aromatic N) is 1. The van der Waals surface area contributed by atoms with Gasteiger partial charge in [-0.2, -0.15) is 0 Å². The molecule has 0 radical (unpaired) electrons. The van der Waals surface area contributed by atoms with E-state index in [4.69, 9.17) is 5.73 Å². The van der Waals surface area contributed by atoms with Crippen molar-refractivity contribution < 1.29 is 4.79 Å². The molecule has 1 aromatic carbocycles. The van der Waals surface area contributed by atoms with Gasteiger partial charge in [0, 0.05) is 24.9 Å². The fourth-order valence-corrected chi connectivity index (χ4v) is 2.53. The quantitative estimate of drug-likeness (QED) is 0.669. The van der Waals surface area contributed by atoms with E-state index in [2.05, 4.69) is 6.92 Å². The Balaban J connectivity index is 1.96. The van der Waals surface area contributed by atoms with Crippen LogP contribution in [0.3, 0.4) is 0 Å². The molecule has 3 nitrogen and oxygen atoms in total. The molecule has 1 fully saturated rings. The van der Waals surface area contributed by atoms with Crippen molar-refractivity contribution in [3.63, 3.8) is 0 Å². The Labute approximate surface area is 115 Å². The standard InChI is InChI=1S/C16H22N2O/c1-2-13-6-4-10-18(12-13)16(19)9-8-14-5-3-7-15(17)11-14/h3,5,7-9,11,13H,2,4,6,10,12,17H2,1H3/b9-8+. The first-order valence-electron chi connectivity index (χ1n) is 7.01. The van der Waals surface area contributed by atoms with E-state index in [1.54, 1.807) is 6.08 Å². The molecule has 19 heavy (non-hydrogen) atoms. The summed E-state index contributed by atoms with van der Waals surface area (Å²) in [6.45, 7) is 3.98. The van der Waals surface area contributed by atoms with E-state index in [0.29, 0.717) is 5.92 Å². The number of likely N-dealkylation sites (tertiary alicyclic amines) is 1. The maximum absolute atomic E-state index is 12.1. The van der Waals surface area contributed by atoms with Crippen LogP contribution in [-0.2, 0) is 4.79 Å². The van der Waals surface area contributed by atoms with Gasteiger partial charge in [-0.3, -0.25) is 4.79 Å². The number of hydrogen-bond donors (Lipinski definition) is 1. The molecule has 0 spiro atoms. The van der Waals surface area contributed by atoms with Gasteiger partial charge in [0.25, 0.3) is 0 Å². The first kappa shape index (κ1) is 13.7. The average Bonchev–Trinajstić information content (AvgIpc) is 2.45. The summed E-state index contributed by atoms with van der Waals surface area (Å²) in [5.74, 6) is 0.777. The zero-order chi connectivity index (χ0) is 13.7. The fraction of sp³-hybridized carbons (Fsp3) is 0.438. The average molecular weight is 258 g/mol. The van der Waals surface area contributed by atoms with Crippen LogP contribution in [0.15, 0.2) is 30.3 Å². The lowest BCUT2D eigenvalue weighted by Gasteiger charge is -2.31. The molecule has 0 saturated carbocycles. The molecule has 3 heteroatoms. The Morgan fingerprint density at radius 2 is 2.37 bits per heavy atom. The molecule has 1 amide bonds. The molecule has 2 rings (SSSR count). The lowest BCUT2D eigenvalue weighted by molar-refractivity contribution is -0.127. The van der Waals surface area contributed by atoms with Crippen molar-refractivity contribution in [2.24, 2.45) is 5.92 Å². The second-order valence-corrected chi connectivity index (χ2v) is 5.20. The highest BCUT2D eigenvalue weighted by Crippen LogP contribution is 2.19. The van der Waals surface area contributed by atoms with Crippen molar-refractivity contribution in [2.75, 3.05) is 18.8 Å². The zero-order valence-corrected chi connectivity index (χ0v) is 11.5. The Morgan fingerprint density at radius 1 is 1.53 bits per heavy atom. The highest BCUT2D eigenvalue weighted by molar-refractivity contribution is 5.92. The van der Waals surface area contributed by atoms with Gasteiger partial charge in [0.15, 0.2) is 0 Å². The molecule has 1 saturated heterocycles. The topological polar surface area (TPSA) is 46.3 Å². The number of piperidine rings is 1. The number of rotatable bonds is 3. The maximum Gasteiger partial charge on any atom is 0.246 e. The number of hydrogen-bond acceptors (Lipinski definition) is 2. The first-order chi connectivity index (χ1) is 9.19. The zero-order valence-electron chi connectivity index (χ0n) is 11.5. The SMILES string of the molecule is CCC1CCCN(C(=O)/C=C/c2cccc(N)c2)C1. The summed E-state index contributed by atoms with van der Waals surface area (Å²) >= 11 is 0. The van der Waals surface area contributed by atoms with Crippen molar-refractivity contribution in [1.29, 1.82) is 0 Å². The van der Waals surface area contributed by atoms with Gasteiger partial charge in [-0.05, 0) is 42.5 Å². The van der Waals surface area contributed by atoms with Gasteiger partial charge in [-0.25, -0.2) is 0 Å². The van der Waals surface area contributed by atoms with Gasteiger partial charge in [0.1, 0.15) is 0 Å². The third kappa shape index (κ3) is 3.85. The lowest BCUT2D eigenvalue weighted by atomic mass is 9.95. The molecule has 1 aromatic rings. The Kier molecular flexibility index (Phi) is 4.61. The molecule has 1 heterocycles. The predicted molar refractivity (Wildman–Crippen MR) is 79.5 cm³/mol. The van der Waals surface area contributed by atoms with Crippen LogP contribution in [0.2, 0.25) is 0 Å². The Bertz CT molecular complexity index is 468. The highest BCUT2D eigenvalue weighted by atomic mass is 16.2. The van der Waals surface area contributed by atoms with Crippen LogP contribution in [0.1, 0.15) is 31.7 Å². The largest absolute Gasteiger partial charge is 0.399 e. The monoisotopic (exact) mass is 258 g/mol. The minimum absolute atomic E-state index is 0.112. The molecular formula is C16H22N2O. The molecule has 1 aliphatic rings. The normalized spacial score (nSPS) is 19.8. The van der Waals surface area contributed by atoms with E-state index in [1.807, 2.05) is 35.2 Å². The fourth-order valence-electron chi connectivity index (χ4n) is 2.53. The van der Waals surface area contributed by atoms with Crippen LogP contribution in [-0.4, -0.2) is 23.9 Å². The summed E-state index contributed by atoms with van der Waals surface area (Å²) in [6, 6.07) is 7.56. The summed E-state index contributed by atoms with van der Waals surface area (Å²) in [4.78, 5) is 14.1.